The Kier molecular flexibility index (Phi) is 2.58. The highest BCUT2D eigenvalue weighted by Crippen LogP contribution is 2.02. The fraction of sp³-hybridized carbons (Fsp3) is 0.556. The van der Waals surface area contributed by atoms with E-state index in [0.29, 0.717) is 6.04 Å². The Morgan fingerprint density at radius 1 is 1.55 bits per heavy atom. The van der Waals surface area contributed by atoms with E-state index in [2.05, 4.69) is 49.5 Å². The second kappa shape index (κ2) is 3.46. The molecule has 0 bridgehead atoms. The van der Waals surface area contributed by atoms with Gasteiger partial charge in [-0.3, -0.25) is 0 Å². The zero-order valence-electron chi connectivity index (χ0n) is 7.46. The minimum absolute atomic E-state index is 0.523. The van der Waals surface area contributed by atoms with Gasteiger partial charge in [0.1, 0.15) is 0 Å². The van der Waals surface area contributed by atoms with Crippen LogP contribution in [0.15, 0.2) is 24.0 Å². The number of allylic oxidation sites excluding steroid dienone is 1. The molecule has 0 spiro atoms. The normalized spacial score (nSPS) is 17.1. The van der Waals surface area contributed by atoms with E-state index < -0.39 is 0 Å². The van der Waals surface area contributed by atoms with E-state index in [1.54, 1.807) is 0 Å². The average molecular weight is 152 g/mol. The van der Waals surface area contributed by atoms with Gasteiger partial charge in [0.2, 0.25) is 0 Å². The molecule has 0 saturated heterocycles. The molecule has 1 heterocycles. The van der Waals surface area contributed by atoms with Crippen LogP contribution in [-0.2, 0) is 0 Å². The molecule has 11 heavy (non-hydrogen) atoms. The van der Waals surface area contributed by atoms with E-state index in [4.69, 9.17) is 0 Å². The van der Waals surface area contributed by atoms with Crippen LogP contribution in [0.3, 0.4) is 0 Å². The maximum Gasteiger partial charge on any atom is 0.0373 e. The van der Waals surface area contributed by atoms with Gasteiger partial charge in [0.05, 0.1) is 0 Å². The minimum atomic E-state index is 0.523. The van der Waals surface area contributed by atoms with Gasteiger partial charge >= 0.3 is 0 Å². The van der Waals surface area contributed by atoms with Crippen LogP contribution in [0.4, 0.5) is 0 Å². The molecule has 0 amide bonds. The van der Waals surface area contributed by atoms with Gasteiger partial charge in [-0.1, -0.05) is 0 Å². The summed E-state index contributed by atoms with van der Waals surface area (Å²) in [4.78, 5) is 2.14. The molecule has 0 aromatic carbocycles. The highest BCUT2D eigenvalue weighted by atomic mass is 15.1. The minimum Gasteiger partial charge on any atom is -0.383 e. The van der Waals surface area contributed by atoms with Crippen molar-refractivity contribution in [1.82, 2.24) is 10.2 Å². The van der Waals surface area contributed by atoms with Crippen molar-refractivity contribution in [1.29, 1.82) is 0 Å². The fourth-order valence-electron chi connectivity index (χ4n) is 1.02. The maximum absolute atomic E-state index is 3.35. The molecule has 0 atom stereocenters. The van der Waals surface area contributed by atoms with E-state index >= 15 is 0 Å². The highest BCUT2D eigenvalue weighted by Gasteiger charge is 2.00. The molecule has 2 nitrogen and oxygen atoms in total. The van der Waals surface area contributed by atoms with E-state index in [0.717, 1.165) is 6.54 Å². The molecule has 1 rings (SSSR count). The first kappa shape index (κ1) is 8.18. The van der Waals surface area contributed by atoms with Crippen LogP contribution in [0.5, 0.6) is 0 Å². The van der Waals surface area contributed by atoms with E-state index in [-0.39, 0.29) is 0 Å². The lowest BCUT2D eigenvalue weighted by Gasteiger charge is -2.19. The monoisotopic (exact) mass is 152 g/mol. The first-order valence-corrected chi connectivity index (χ1v) is 4.03. The van der Waals surface area contributed by atoms with Gasteiger partial charge in [-0.05, 0) is 26.0 Å². The van der Waals surface area contributed by atoms with E-state index in [9.17, 15) is 0 Å². The third-order valence-electron chi connectivity index (χ3n) is 1.56. The van der Waals surface area contributed by atoms with Gasteiger partial charge in [-0.15, -0.1) is 0 Å². The van der Waals surface area contributed by atoms with Crippen molar-refractivity contribution < 1.29 is 0 Å². The Morgan fingerprint density at radius 3 is 2.73 bits per heavy atom. The van der Waals surface area contributed by atoms with E-state index in [1.807, 2.05) is 0 Å². The predicted octanol–water partition coefficient (Wildman–Crippen LogP) is 1.33. The summed E-state index contributed by atoms with van der Waals surface area (Å²) in [5, 5.41) is 3.35. The molecule has 0 saturated carbocycles. The van der Waals surface area contributed by atoms with Crippen LogP contribution in [0, 0.1) is 0 Å². The summed E-state index contributed by atoms with van der Waals surface area (Å²) in [5.41, 5.74) is 1.23. The molecule has 0 aromatic rings. The average Bonchev–Trinajstić information content (AvgIpc) is 1.93. The van der Waals surface area contributed by atoms with Gasteiger partial charge in [0, 0.05) is 31.5 Å². The number of likely N-dealkylation sites (N-methyl/N-ethyl adjacent to an activating group) is 1. The molecule has 0 aliphatic carbocycles. The van der Waals surface area contributed by atoms with Gasteiger partial charge in [-0.2, -0.15) is 0 Å². The fourth-order valence-corrected chi connectivity index (χ4v) is 1.02. The second-order valence-corrected chi connectivity index (χ2v) is 3.21. The van der Waals surface area contributed by atoms with Crippen molar-refractivity contribution in [2.45, 2.75) is 19.9 Å². The Bertz CT molecular complexity index is 180. The molecule has 1 aliphatic rings. The van der Waals surface area contributed by atoms with Crippen molar-refractivity contribution in [3.05, 3.63) is 24.0 Å². The molecule has 1 N–H and O–H groups in total. The summed E-state index contributed by atoms with van der Waals surface area (Å²) < 4.78 is 0. The number of hydrogen-bond acceptors (Lipinski definition) is 2. The summed E-state index contributed by atoms with van der Waals surface area (Å²) in [7, 11) is 2.07. The van der Waals surface area contributed by atoms with Crippen LogP contribution in [-0.4, -0.2) is 24.5 Å². The van der Waals surface area contributed by atoms with Gasteiger partial charge in [0.25, 0.3) is 0 Å². The Morgan fingerprint density at radius 2 is 2.27 bits per heavy atom. The lowest BCUT2D eigenvalue weighted by molar-refractivity contribution is 0.496. The first-order chi connectivity index (χ1) is 5.18. The van der Waals surface area contributed by atoms with Crippen LogP contribution in [0.25, 0.3) is 0 Å². The molecule has 0 fully saturated rings. The van der Waals surface area contributed by atoms with Gasteiger partial charge < -0.3 is 10.2 Å². The summed E-state index contributed by atoms with van der Waals surface area (Å²) in [6.07, 6.45) is 6.38. The Balaban J connectivity index is 2.43. The molecule has 0 aromatic heterocycles. The first-order valence-electron chi connectivity index (χ1n) is 4.03. The quantitative estimate of drug-likeness (QED) is 0.642. The van der Waals surface area contributed by atoms with Crippen molar-refractivity contribution in [3.8, 4) is 0 Å². The molecular weight excluding hydrogens is 136 g/mol. The van der Waals surface area contributed by atoms with Crippen molar-refractivity contribution in [3.63, 3.8) is 0 Å². The molecule has 2 heteroatoms. The van der Waals surface area contributed by atoms with Crippen LogP contribution >= 0.6 is 0 Å². The van der Waals surface area contributed by atoms with Crippen LogP contribution in [0.2, 0.25) is 0 Å². The molecule has 62 valence electrons. The van der Waals surface area contributed by atoms with Gasteiger partial charge in [-0.25, -0.2) is 0 Å². The number of nitrogens with one attached hydrogen (secondary N) is 1. The Labute approximate surface area is 68.6 Å². The summed E-state index contributed by atoms with van der Waals surface area (Å²) in [5.74, 6) is 0. The topological polar surface area (TPSA) is 15.3 Å². The smallest absolute Gasteiger partial charge is 0.0373 e. The lowest BCUT2D eigenvalue weighted by atomic mass is 10.2. The predicted molar refractivity (Wildman–Crippen MR) is 48.1 cm³/mol. The number of hydrogen-bond donors (Lipinski definition) is 1. The lowest BCUT2D eigenvalue weighted by Crippen LogP contribution is -2.25. The standard InChI is InChI=1S/C9H16N2/c1-8(2)10-9-4-6-11(3)7-5-9/h4-6,8,10H,7H2,1-3H3. The van der Waals surface area contributed by atoms with Crippen LogP contribution in [0.1, 0.15) is 13.8 Å². The summed E-state index contributed by atoms with van der Waals surface area (Å²) >= 11 is 0. The van der Waals surface area contributed by atoms with Crippen LogP contribution < -0.4 is 5.32 Å². The summed E-state index contributed by atoms with van der Waals surface area (Å²) in [6.45, 7) is 5.30. The largest absolute Gasteiger partial charge is 0.383 e. The zero-order valence-corrected chi connectivity index (χ0v) is 7.46. The van der Waals surface area contributed by atoms with E-state index in [1.165, 1.54) is 5.70 Å². The third kappa shape index (κ3) is 2.66. The van der Waals surface area contributed by atoms with Crippen molar-refractivity contribution >= 4 is 0 Å². The van der Waals surface area contributed by atoms with Gasteiger partial charge in [0.15, 0.2) is 0 Å². The van der Waals surface area contributed by atoms with Crippen molar-refractivity contribution in [2.75, 3.05) is 13.6 Å². The SMILES string of the molecule is CC(C)NC1=CCN(C)C=C1. The maximum atomic E-state index is 3.35. The molecule has 0 unspecified atom stereocenters. The second-order valence-electron chi connectivity index (χ2n) is 3.21. The molecule has 0 radical (unpaired) electrons. The third-order valence-corrected chi connectivity index (χ3v) is 1.56. The van der Waals surface area contributed by atoms with Crippen molar-refractivity contribution in [2.24, 2.45) is 0 Å². The summed E-state index contributed by atoms with van der Waals surface area (Å²) in [6, 6.07) is 0.523. The molecule has 1 aliphatic heterocycles. The Hall–Kier alpha value is -0.920. The molecular formula is C9H16N2. The highest BCUT2D eigenvalue weighted by molar-refractivity contribution is 5.20. The number of rotatable bonds is 2. The zero-order chi connectivity index (χ0) is 8.27. The number of nitrogens with zero attached hydrogens (tertiary/aromatic N) is 1.